The molecule has 1 amide bonds. The third kappa shape index (κ3) is 2.54. The van der Waals surface area contributed by atoms with Crippen LogP contribution in [0, 0.1) is 6.92 Å². The lowest BCUT2D eigenvalue weighted by Gasteiger charge is -2.17. The summed E-state index contributed by atoms with van der Waals surface area (Å²) >= 11 is 0. The summed E-state index contributed by atoms with van der Waals surface area (Å²) < 4.78 is 5.33. The van der Waals surface area contributed by atoms with E-state index >= 15 is 0 Å². The number of aryl methyl sites for hydroxylation is 1. The van der Waals surface area contributed by atoms with E-state index in [9.17, 15) is 4.79 Å². The molecule has 2 aromatic rings. The number of anilines is 1. The van der Waals surface area contributed by atoms with Gasteiger partial charge >= 0.3 is 0 Å². The quantitative estimate of drug-likeness (QED) is 0.909. The lowest BCUT2D eigenvalue weighted by molar-refractivity contribution is -0.118. The Kier molecular flexibility index (Phi) is 3.21. The Morgan fingerprint density at radius 1 is 1.30 bits per heavy atom. The van der Waals surface area contributed by atoms with Crippen LogP contribution in [0.4, 0.5) is 5.69 Å². The highest BCUT2D eigenvalue weighted by Crippen LogP contribution is 2.29. The van der Waals surface area contributed by atoms with Gasteiger partial charge in [-0.2, -0.15) is 0 Å². The zero-order chi connectivity index (χ0) is 13.9. The number of pyridine rings is 1. The highest BCUT2D eigenvalue weighted by atomic mass is 16.5. The summed E-state index contributed by atoms with van der Waals surface area (Å²) in [5, 5.41) is 2.80. The van der Waals surface area contributed by atoms with Crippen molar-refractivity contribution in [2.45, 2.75) is 6.92 Å². The number of nitrogens with one attached hydrogen (secondary N) is 1. The molecule has 100 valence electrons. The van der Waals surface area contributed by atoms with Gasteiger partial charge in [-0.3, -0.25) is 9.78 Å². The van der Waals surface area contributed by atoms with Crippen LogP contribution in [0.25, 0.3) is 12.2 Å². The van der Waals surface area contributed by atoms with Gasteiger partial charge in [-0.25, -0.2) is 0 Å². The maximum Gasteiger partial charge on any atom is 0.262 e. The second kappa shape index (κ2) is 5.17. The highest BCUT2D eigenvalue weighted by Gasteiger charge is 2.15. The van der Waals surface area contributed by atoms with Crippen LogP contribution in [-0.2, 0) is 4.79 Å². The summed E-state index contributed by atoms with van der Waals surface area (Å²) in [6.45, 7) is 2.12. The predicted octanol–water partition coefficient (Wildman–Crippen LogP) is 2.89. The molecule has 1 N–H and O–H groups in total. The zero-order valence-corrected chi connectivity index (χ0v) is 11.1. The molecule has 1 aromatic heterocycles. The SMILES string of the molecule is Cc1ccncc1/C=C/c1ccc2c(c1)NC(=O)CO2. The van der Waals surface area contributed by atoms with E-state index in [1.54, 1.807) is 6.20 Å². The maximum absolute atomic E-state index is 11.3. The minimum Gasteiger partial charge on any atom is -0.482 e. The van der Waals surface area contributed by atoms with Gasteiger partial charge in [-0.1, -0.05) is 18.2 Å². The molecule has 0 fully saturated rings. The van der Waals surface area contributed by atoms with Crippen molar-refractivity contribution in [2.24, 2.45) is 0 Å². The lowest BCUT2D eigenvalue weighted by Crippen LogP contribution is -2.25. The molecule has 2 heterocycles. The van der Waals surface area contributed by atoms with Gasteiger partial charge < -0.3 is 10.1 Å². The molecular weight excluding hydrogens is 252 g/mol. The van der Waals surface area contributed by atoms with E-state index in [-0.39, 0.29) is 12.5 Å². The van der Waals surface area contributed by atoms with Gasteiger partial charge in [0.15, 0.2) is 6.61 Å². The molecular formula is C16H14N2O2. The number of amides is 1. The normalized spacial score (nSPS) is 13.8. The lowest BCUT2D eigenvalue weighted by atomic mass is 10.1. The Bertz CT molecular complexity index is 693. The van der Waals surface area contributed by atoms with E-state index in [4.69, 9.17) is 4.74 Å². The standard InChI is InChI=1S/C16H14N2O2/c1-11-6-7-17-9-13(11)4-2-12-3-5-15-14(8-12)18-16(19)10-20-15/h2-9H,10H2,1H3,(H,18,19)/b4-2+. The van der Waals surface area contributed by atoms with Crippen LogP contribution in [0.15, 0.2) is 36.7 Å². The van der Waals surface area contributed by atoms with Crippen molar-refractivity contribution in [1.82, 2.24) is 4.98 Å². The average molecular weight is 266 g/mol. The third-order valence-electron chi connectivity index (χ3n) is 3.17. The summed E-state index contributed by atoms with van der Waals surface area (Å²) in [7, 11) is 0. The number of hydrogen-bond acceptors (Lipinski definition) is 3. The van der Waals surface area contributed by atoms with Crippen LogP contribution in [0.5, 0.6) is 5.75 Å². The average Bonchev–Trinajstić information content (AvgIpc) is 2.46. The van der Waals surface area contributed by atoms with Crippen LogP contribution < -0.4 is 10.1 Å². The highest BCUT2D eigenvalue weighted by molar-refractivity contribution is 5.95. The molecule has 0 unspecified atom stereocenters. The third-order valence-corrected chi connectivity index (χ3v) is 3.17. The van der Waals surface area contributed by atoms with Crippen molar-refractivity contribution in [2.75, 3.05) is 11.9 Å². The van der Waals surface area contributed by atoms with E-state index in [0.29, 0.717) is 11.4 Å². The van der Waals surface area contributed by atoms with Gasteiger partial charge in [0.1, 0.15) is 5.75 Å². The summed E-state index contributed by atoms with van der Waals surface area (Å²) in [5.74, 6) is 0.584. The number of rotatable bonds is 2. The predicted molar refractivity (Wildman–Crippen MR) is 78.5 cm³/mol. The van der Waals surface area contributed by atoms with Crippen molar-refractivity contribution >= 4 is 23.7 Å². The minimum atomic E-state index is -0.123. The fourth-order valence-corrected chi connectivity index (χ4v) is 2.04. The first-order valence-electron chi connectivity index (χ1n) is 6.38. The van der Waals surface area contributed by atoms with Crippen LogP contribution in [-0.4, -0.2) is 17.5 Å². The number of benzene rings is 1. The molecule has 0 saturated heterocycles. The van der Waals surface area contributed by atoms with Crippen molar-refractivity contribution in [3.05, 3.63) is 53.3 Å². The molecule has 0 atom stereocenters. The van der Waals surface area contributed by atoms with Gasteiger partial charge in [-0.05, 0) is 41.8 Å². The molecule has 0 radical (unpaired) electrons. The van der Waals surface area contributed by atoms with E-state index in [1.165, 1.54) is 5.56 Å². The van der Waals surface area contributed by atoms with E-state index in [2.05, 4.69) is 10.3 Å². The molecule has 0 saturated carbocycles. The van der Waals surface area contributed by atoms with E-state index in [1.807, 2.05) is 49.5 Å². The Morgan fingerprint density at radius 2 is 2.20 bits per heavy atom. The first-order chi connectivity index (χ1) is 9.72. The Morgan fingerprint density at radius 3 is 3.05 bits per heavy atom. The van der Waals surface area contributed by atoms with Gasteiger partial charge in [0, 0.05) is 12.4 Å². The molecule has 4 nitrogen and oxygen atoms in total. The van der Waals surface area contributed by atoms with Gasteiger partial charge in [-0.15, -0.1) is 0 Å². The van der Waals surface area contributed by atoms with Gasteiger partial charge in [0.25, 0.3) is 5.91 Å². The van der Waals surface area contributed by atoms with Crippen LogP contribution in [0.2, 0.25) is 0 Å². The monoisotopic (exact) mass is 266 g/mol. The Hall–Kier alpha value is -2.62. The Balaban J connectivity index is 1.87. The maximum atomic E-state index is 11.3. The molecule has 0 bridgehead atoms. The summed E-state index contributed by atoms with van der Waals surface area (Å²) in [6.07, 6.45) is 7.61. The smallest absolute Gasteiger partial charge is 0.262 e. The molecule has 1 aliphatic heterocycles. The topological polar surface area (TPSA) is 51.2 Å². The van der Waals surface area contributed by atoms with Crippen molar-refractivity contribution in [1.29, 1.82) is 0 Å². The van der Waals surface area contributed by atoms with E-state index < -0.39 is 0 Å². The van der Waals surface area contributed by atoms with Crippen molar-refractivity contribution in [3.8, 4) is 5.75 Å². The zero-order valence-electron chi connectivity index (χ0n) is 11.1. The number of carbonyl (C=O) groups excluding carboxylic acids is 1. The Labute approximate surface area is 117 Å². The fourth-order valence-electron chi connectivity index (χ4n) is 2.04. The second-order valence-electron chi connectivity index (χ2n) is 4.66. The molecule has 1 aliphatic rings. The molecule has 0 aliphatic carbocycles. The number of hydrogen-bond donors (Lipinski definition) is 1. The summed E-state index contributed by atoms with van der Waals surface area (Å²) in [5.41, 5.74) is 3.96. The van der Waals surface area contributed by atoms with Crippen LogP contribution in [0.1, 0.15) is 16.7 Å². The number of nitrogens with zero attached hydrogens (tertiary/aromatic N) is 1. The van der Waals surface area contributed by atoms with Gasteiger partial charge in [0.2, 0.25) is 0 Å². The van der Waals surface area contributed by atoms with Crippen LogP contribution >= 0.6 is 0 Å². The van der Waals surface area contributed by atoms with Crippen molar-refractivity contribution in [3.63, 3.8) is 0 Å². The molecule has 4 heteroatoms. The number of fused-ring (bicyclic) bond motifs is 1. The van der Waals surface area contributed by atoms with Gasteiger partial charge in [0.05, 0.1) is 5.69 Å². The van der Waals surface area contributed by atoms with Crippen LogP contribution in [0.3, 0.4) is 0 Å². The molecule has 1 aromatic carbocycles. The first kappa shape index (κ1) is 12.4. The minimum absolute atomic E-state index is 0.0804. The number of carbonyl (C=O) groups is 1. The second-order valence-corrected chi connectivity index (χ2v) is 4.66. The van der Waals surface area contributed by atoms with E-state index in [0.717, 1.165) is 11.1 Å². The molecule has 0 spiro atoms. The number of aromatic nitrogens is 1. The van der Waals surface area contributed by atoms with Crippen molar-refractivity contribution < 1.29 is 9.53 Å². The summed E-state index contributed by atoms with van der Waals surface area (Å²) in [4.78, 5) is 15.4. The number of ether oxygens (including phenoxy) is 1. The largest absolute Gasteiger partial charge is 0.482 e. The summed E-state index contributed by atoms with van der Waals surface area (Å²) in [6, 6.07) is 7.69. The molecule has 3 rings (SSSR count). The molecule has 20 heavy (non-hydrogen) atoms. The first-order valence-corrected chi connectivity index (χ1v) is 6.38. The fraction of sp³-hybridized carbons (Fsp3) is 0.125.